The first kappa shape index (κ1) is 20.1. The summed E-state index contributed by atoms with van der Waals surface area (Å²) < 4.78 is 1.61. The molecule has 146 valence electrons. The van der Waals surface area contributed by atoms with Crippen LogP contribution in [0.15, 0.2) is 41.2 Å². The quantitative estimate of drug-likeness (QED) is 0.676. The highest BCUT2D eigenvalue weighted by atomic mass is 35.5. The minimum absolute atomic E-state index is 0.104. The molecule has 0 bridgehead atoms. The standard InChI is InChI=1S/C22H23ClN2O3/c1-5-25-19-16(10-9-13(2)24-19)18(14-7-6-8-15(23)11-14)17(20(25)26)12-22(3,4)21(27)28/h6-11H,5,12H2,1-4H3,(H,27,28). The minimum atomic E-state index is -1.09. The van der Waals surface area contributed by atoms with Gasteiger partial charge in [0.2, 0.25) is 0 Å². The zero-order valence-corrected chi connectivity index (χ0v) is 17.2. The van der Waals surface area contributed by atoms with Gasteiger partial charge >= 0.3 is 5.97 Å². The van der Waals surface area contributed by atoms with Gasteiger partial charge in [-0.1, -0.05) is 23.7 Å². The first-order valence-corrected chi connectivity index (χ1v) is 9.56. The molecule has 3 rings (SSSR count). The second kappa shape index (κ2) is 7.40. The number of carboxylic acids is 1. The second-order valence-electron chi connectivity index (χ2n) is 7.60. The fraction of sp³-hybridized carbons (Fsp3) is 0.318. The lowest BCUT2D eigenvalue weighted by Crippen LogP contribution is -2.33. The number of hydrogen-bond acceptors (Lipinski definition) is 3. The molecule has 0 amide bonds. The molecule has 0 aliphatic rings. The normalized spacial score (nSPS) is 11.8. The molecule has 0 spiro atoms. The first-order chi connectivity index (χ1) is 13.2. The van der Waals surface area contributed by atoms with Gasteiger partial charge in [-0.05, 0) is 63.9 Å². The van der Waals surface area contributed by atoms with E-state index in [1.54, 1.807) is 30.5 Å². The maximum absolute atomic E-state index is 13.4. The maximum atomic E-state index is 13.4. The fourth-order valence-corrected chi connectivity index (χ4v) is 3.61. The van der Waals surface area contributed by atoms with Crippen molar-refractivity contribution in [2.45, 2.75) is 40.7 Å². The summed E-state index contributed by atoms with van der Waals surface area (Å²) in [5, 5.41) is 11.0. The van der Waals surface area contributed by atoms with Crippen LogP contribution in [0.5, 0.6) is 0 Å². The lowest BCUT2D eigenvalue weighted by atomic mass is 9.83. The van der Waals surface area contributed by atoms with Gasteiger partial charge in [-0.2, -0.15) is 0 Å². The predicted octanol–water partition coefficient (Wildman–Crippen LogP) is 4.70. The van der Waals surface area contributed by atoms with E-state index >= 15 is 0 Å². The van der Waals surface area contributed by atoms with Gasteiger partial charge in [-0.3, -0.25) is 14.2 Å². The van der Waals surface area contributed by atoms with E-state index in [-0.39, 0.29) is 12.0 Å². The van der Waals surface area contributed by atoms with Crippen molar-refractivity contribution >= 4 is 28.6 Å². The number of benzene rings is 1. The summed E-state index contributed by atoms with van der Waals surface area (Å²) in [5.41, 5.74) is 2.05. The van der Waals surface area contributed by atoms with Crippen LogP contribution in [0.4, 0.5) is 0 Å². The molecular formula is C22H23ClN2O3. The molecule has 0 unspecified atom stereocenters. The van der Waals surface area contributed by atoms with Gasteiger partial charge in [0.15, 0.2) is 0 Å². The van der Waals surface area contributed by atoms with Gasteiger partial charge < -0.3 is 5.11 Å². The molecule has 2 heterocycles. The van der Waals surface area contributed by atoms with Gasteiger partial charge in [0.25, 0.3) is 5.56 Å². The SMILES string of the molecule is CCn1c(=O)c(CC(C)(C)C(=O)O)c(-c2cccc(Cl)c2)c2ccc(C)nc21. The molecule has 0 aliphatic heterocycles. The fourth-order valence-electron chi connectivity index (χ4n) is 3.42. The Morgan fingerprint density at radius 2 is 1.96 bits per heavy atom. The van der Waals surface area contributed by atoms with Crippen molar-refractivity contribution in [3.63, 3.8) is 0 Å². The molecule has 0 fully saturated rings. The summed E-state index contributed by atoms with van der Waals surface area (Å²) in [4.78, 5) is 29.8. The summed E-state index contributed by atoms with van der Waals surface area (Å²) in [6, 6.07) is 11.1. The first-order valence-electron chi connectivity index (χ1n) is 9.18. The molecule has 0 saturated carbocycles. The predicted molar refractivity (Wildman–Crippen MR) is 112 cm³/mol. The Bertz CT molecular complexity index is 1130. The van der Waals surface area contributed by atoms with E-state index in [0.29, 0.717) is 28.3 Å². The number of aromatic nitrogens is 2. The number of pyridine rings is 2. The van der Waals surface area contributed by atoms with Crippen molar-refractivity contribution in [2.75, 3.05) is 0 Å². The molecule has 5 nitrogen and oxygen atoms in total. The molecule has 2 aromatic heterocycles. The molecule has 0 radical (unpaired) electrons. The van der Waals surface area contributed by atoms with Crippen molar-refractivity contribution < 1.29 is 9.90 Å². The van der Waals surface area contributed by atoms with Crippen LogP contribution in [0.2, 0.25) is 5.02 Å². The molecule has 1 N–H and O–H groups in total. The molecule has 6 heteroatoms. The van der Waals surface area contributed by atoms with Crippen molar-refractivity contribution in [3.8, 4) is 11.1 Å². The third-order valence-electron chi connectivity index (χ3n) is 4.97. The zero-order chi connectivity index (χ0) is 20.6. The van der Waals surface area contributed by atoms with Crippen molar-refractivity contribution in [3.05, 3.63) is 63.0 Å². The number of nitrogens with zero attached hydrogens (tertiary/aromatic N) is 2. The number of fused-ring (bicyclic) bond motifs is 1. The van der Waals surface area contributed by atoms with E-state index in [2.05, 4.69) is 4.98 Å². The Kier molecular flexibility index (Phi) is 5.31. The monoisotopic (exact) mass is 398 g/mol. The van der Waals surface area contributed by atoms with Gasteiger partial charge in [-0.15, -0.1) is 0 Å². The third kappa shape index (κ3) is 3.54. The summed E-state index contributed by atoms with van der Waals surface area (Å²) in [6.07, 6.45) is 0.104. The largest absolute Gasteiger partial charge is 0.481 e. The lowest BCUT2D eigenvalue weighted by Gasteiger charge is -2.23. The summed E-state index contributed by atoms with van der Waals surface area (Å²) >= 11 is 6.21. The van der Waals surface area contributed by atoms with E-state index in [4.69, 9.17) is 11.6 Å². The van der Waals surface area contributed by atoms with E-state index < -0.39 is 11.4 Å². The summed E-state index contributed by atoms with van der Waals surface area (Å²) in [5.74, 6) is -0.950. The molecular weight excluding hydrogens is 376 g/mol. The Hall–Kier alpha value is -2.66. The third-order valence-corrected chi connectivity index (χ3v) is 5.21. The van der Waals surface area contributed by atoms with Crippen molar-refractivity contribution in [1.29, 1.82) is 0 Å². The molecule has 28 heavy (non-hydrogen) atoms. The minimum Gasteiger partial charge on any atom is -0.481 e. The number of aryl methyl sites for hydroxylation is 2. The number of hydrogen-bond donors (Lipinski definition) is 1. The second-order valence-corrected chi connectivity index (χ2v) is 8.04. The molecule has 1 aromatic carbocycles. The van der Waals surface area contributed by atoms with Gasteiger partial charge in [0, 0.05) is 33.8 Å². The number of carboxylic acid groups (broad SMARTS) is 1. The average molecular weight is 399 g/mol. The van der Waals surface area contributed by atoms with E-state index in [1.165, 1.54) is 0 Å². The van der Waals surface area contributed by atoms with Crippen LogP contribution in [0.1, 0.15) is 32.0 Å². The van der Waals surface area contributed by atoms with Gasteiger partial charge in [0.1, 0.15) is 5.65 Å². The van der Waals surface area contributed by atoms with Crippen LogP contribution >= 0.6 is 11.6 Å². The topological polar surface area (TPSA) is 72.2 Å². The Morgan fingerprint density at radius 1 is 1.25 bits per heavy atom. The number of halogens is 1. The van der Waals surface area contributed by atoms with Gasteiger partial charge in [-0.25, -0.2) is 4.98 Å². The zero-order valence-electron chi connectivity index (χ0n) is 16.4. The highest BCUT2D eigenvalue weighted by Crippen LogP contribution is 2.34. The van der Waals surface area contributed by atoms with Crippen LogP contribution in [0.25, 0.3) is 22.2 Å². The van der Waals surface area contributed by atoms with Crippen LogP contribution in [0, 0.1) is 12.3 Å². The highest BCUT2D eigenvalue weighted by molar-refractivity contribution is 6.30. The number of carbonyl (C=O) groups is 1. The molecule has 3 aromatic rings. The van der Waals surface area contributed by atoms with E-state index in [0.717, 1.165) is 16.6 Å². The van der Waals surface area contributed by atoms with E-state index in [1.807, 2.05) is 38.1 Å². The Labute approximate surface area is 168 Å². The smallest absolute Gasteiger partial charge is 0.309 e. The summed E-state index contributed by atoms with van der Waals surface area (Å²) in [6.45, 7) is 7.47. The van der Waals surface area contributed by atoms with Crippen LogP contribution in [0.3, 0.4) is 0 Å². The van der Waals surface area contributed by atoms with Crippen molar-refractivity contribution in [1.82, 2.24) is 9.55 Å². The Balaban J connectivity index is 2.47. The van der Waals surface area contributed by atoms with Crippen LogP contribution in [-0.2, 0) is 17.8 Å². The van der Waals surface area contributed by atoms with Gasteiger partial charge in [0.05, 0.1) is 5.41 Å². The highest BCUT2D eigenvalue weighted by Gasteiger charge is 2.31. The van der Waals surface area contributed by atoms with Crippen LogP contribution < -0.4 is 5.56 Å². The average Bonchev–Trinajstić information content (AvgIpc) is 2.62. The maximum Gasteiger partial charge on any atom is 0.309 e. The molecule has 0 aliphatic carbocycles. The van der Waals surface area contributed by atoms with E-state index in [9.17, 15) is 14.7 Å². The Morgan fingerprint density at radius 3 is 2.57 bits per heavy atom. The lowest BCUT2D eigenvalue weighted by molar-refractivity contribution is -0.146. The number of aliphatic carboxylic acids is 1. The van der Waals surface area contributed by atoms with Crippen molar-refractivity contribution in [2.24, 2.45) is 5.41 Å². The van der Waals surface area contributed by atoms with Crippen LogP contribution in [-0.4, -0.2) is 20.6 Å². The summed E-state index contributed by atoms with van der Waals surface area (Å²) in [7, 11) is 0. The molecule has 0 saturated heterocycles. The number of rotatable bonds is 5. The molecule has 0 atom stereocenters.